The summed E-state index contributed by atoms with van der Waals surface area (Å²) in [4.78, 5) is 67.9. The molecule has 2 saturated carbocycles. The molecule has 5 rings (SSSR count). The van der Waals surface area contributed by atoms with Gasteiger partial charge in [0.15, 0.2) is 46.2 Å². The van der Waals surface area contributed by atoms with Gasteiger partial charge in [0.05, 0.1) is 31.7 Å². The van der Waals surface area contributed by atoms with Gasteiger partial charge in [-0.2, -0.15) is 0 Å². The Labute approximate surface area is 241 Å². The van der Waals surface area contributed by atoms with Crippen molar-refractivity contribution in [2.75, 3.05) is 28.3 Å². The van der Waals surface area contributed by atoms with E-state index in [-0.39, 0.29) is 24.2 Å². The van der Waals surface area contributed by atoms with Crippen LogP contribution >= 0.6 is 0 Å². The third-order valence-corrected chi connectivity index (χ3v) is 8.84. The van der Waals surface area contributed by atoms with Crippen molar-refractivity contribution < 1.29 is 43.7 Å². The van der Waals surface area contributed by atoms with Gasteiger partial charge in [0.1, 0.15) is 5.75 Å². The van der Waals surface area contributed by atoms with Gasteiger partial charge in [-0.1, -0.05) is 24.3 Å². The number of hydrogen-bond acceptors (Lipinski definition) is 10. The first-order valence-corrected chi connectivity index (χ1v) is 13.5. The van der Waals surface area contributed by atoms with E-state index in [1.165, 1.54) is 25.2 Å². The number of carbonyl (C=O) groups excluding carboxylic acids is 5. The van der Waals surface area contributed by atoms with Crippen LogP contribution < -0.4 is 15.2 Å². The predicted molar refractivity (Wildman–Crippen MR) is 150 cm³/mol. The fraction of sp³-hybridized carbons (Fsp3) is 0.387. The van der Waals surface area contributed by atoms with Crippen LogP contribution in [-0.2, 0) is 25.6 Å². The lowest BCUT2D eigenvalue weighted by molar-refractivity contribution is -0.181. The van der Waals surface area contributed by atoms with Gasteiger partial charge in [0, 0.05) is 5.92 Å². The molecule has 11 nitrogen and oxygen atoms in total. The van der Waals surface area contributed by atoms with Gasteiger partial charge in [-0.05, 0) is 67.7 Å². The normalized spacial score (nSPS) is 28.9. The molecule has 0 radical (unpaired) electrons. The van der Waals surface area contributed by atoms with E-state index in [0.29, 0.717) is 22.6 Å². The van der Waals surface area contributed by atoms with Gasteiger partial charge in [-0.15, -0.1) is 0 Å². The summed E-state index contributed by atoms with van der Waals surface area (Å²) in [5.74, 6) is -9.66. The minimum absolute atomic E-state index is 0.0155. The highest BCUT2D eigenvalue weighted by atomic mass is 16.5. The van der Waals surface area contributed by atoms with Crippen molar-refractivity contribution in [3.05, 3.63) is 52.6 Å². The number of nitrogens with two attached hydrogens (primary N) is 1. The number of hydrogen-bond donors (Lipinski definition) is 3. The second-order valence-electron chi connectivity index (χ2n) is 11.3. The molecule has 3 aliphatic rings. The molecule has 4 N–H and O–H groups in total. The zero-order valence-electron chi connectivity index (χ0n) is 23.6. The Balaban J connectivity index is 1.57. The lowest BCUT2D eigenvalue weighted by Gasteiger charge is -2.52. The van der Waals surface area contributed by atoms with Crippen LogP contribution in [0, 0.1) is 23.7 Å². The standard InChI is InChI=1S/C31H32N2O9/c1-33(2)25-18-13-16-12-17-15(7-5-14-6-10-20(41-3)21(11-14)42-4)8-9-19(34)23(17)26(35)22(16)28(37)31(18,40)29(38)24(27(25)36)30(32)39/h5-11,16,18,22,24-25,34,40H,12-13H2,1-4H3,(H2,32,39)/t16-,18-,22?,24?,25-,31-/m0/s1. The SMILES string of the molecule is COc1ccc(C=Cc2ccc(O)c3c2C[C@H]2C[C@H]4[C@H](N(C)C)C(=O)C(C(N)=O)C(=O)[C@@]4(O)C(=O)C2C3=O)cc1OC. The Morgan fingerprint density at radius 1 is 1.02 bits per heavy atom. The topological polar surface area (TPSA) is 174 Å². The Kier molecular flexibility index (Phi) is 7.28. The Morgan fingerprint density at radius 3 is 2.33 bits per heavy atom. The van der Waals surface area contributed by atoms with Gasteiger partial charge in [-0.3, -0.25) is 28.9 Å². The number of benzene rings is 2. The zero-order valence-corrected chi connectivity index (χ0v) is 23.6. The number of primary amides is 1. The number of carbonyl (C=O) groups is 5. The molecule has 1 amide bonds. The number of methoxy groups -OCH3 is 2. The van der Waals surface area contributed by atoms with Crippen LogP contribution in [0.2, 0.25) is 0 Å². The molecule has 0 saturated heterocycles. The van der Waals surface area contributed by atoms with E-state index in [9.17, 15) is 34.2 Å². The number of aliphatic hydroxyl groups is 1. The molecular formula is C31H32N2O9. The summed E-state index contributed by atoms with van der Waals surface area (Å²) in [6, 6.07) is 7.22. The van der Waals surface area contributed by atoms with Gasteiger partial charge in [0.2, 0.25) is 5.91 Å². The summed E-state index contributed by atoms with van der Waals surface area (Å²) in [7, 11) is 6.15. The monoisotopic (exact) mass is 576 g/mol. The first-order chi connectivity index (χ1) is 19.9. The number of ether oxygens (including phenoxy) is 2. The van der Waals surface area contributed by atoms with E-state index < -0.39 is 64.4 Å². The van der Waals surface area contributed by atoms with Crippen LogP contribution in [0.5, 0.6) is 17.2 Å². The third kappa shape index (κ3) is 4.23. The molecule has 2 aromatic rings. The van der Waals surface area contributed by atoms with E-state index in [4.69, 9.17) is 15.2 Å². The number of nitrogens with zero attached hydrogens (tertiary/aromatic N) is 1. The molecule has 42 heavy (non-hydrogen) atoms. The second-order valence-corrected chi connectivity index (χ2v) is 11.3. The highest BCUT2D eigenvalue weighted by molar-refractivity contribution is 6.32. The first-order valence-electron chi connectivity index (χ1n) is 13.5. The van der Waals surface area contributed by atoms with Gasteiger partial charge >= 0.3 is 0 Å². The van der Waals surface area contributed by atoms with Crippen LogP contribution in [0.1, 0.15) is 33.5 Å². The van der Waals surface area contributed by atoms with E-state index in [0.717, 1.165) is 5.56 Å². The summed E-state index contributed by atoms with van der Waals surface area (Å²) >= 11 is 0. The number of rotatable bonds is 6. The Hall–Kier alpha value is -4.35. The number of Topliss-reactive ketones (excluding diaryl/α,β-unsaturated/α-hetero) is 4. The van der Waals surface area contributed by atoms with Gasteiger partial charge < -0.3 is 25.4 Å². The minimum Gasteiger partial charge on any atom is -0.507 e. The van der Waals surface area contributed by atoms with Crippen molar-refractivity contribution in [3.63, 3.8) is 0 Å². The van der Waals surface area contributed by atoms with Crippen LogP contribution in [-0.4, -0.2) is 84.1 Å². The molecule has 0 aliphatic heterocycles. The molecule has 2 fully saturated rings. The number of amides is 1. The van der Waals surface area contributed by atoms with E-state index >= 15 is 0 Å². The fourth-order valence-corrected chi connectivity index (χ4v) is 6.93. The van der Waals surface area contributed by atoms with Crippen molar-refractivity contribution in [2.24, 2.45) is 29.4 Å². The average Bonchev–Trinajstić information content (AvgIpc) is 2.94. The van der Waals surface area contributed by atoms with Crippen molar-refractivity contribution in [3.8, 4) is 17.2 Å². The smallest absolute Gasteiger partial charge is 0.235 e. The summed E-state index contributed by atoms with van der Waals surface area (Å²) in [5, 5.41) is 22.4. The van der Waals surface area contributed by atoms with Gasteiger partial charge in [0.25, 0.3) is 0 Å². The predicted octanol–water partition coefficient (Wildman–Crippen LogP) is 1.05. The van der Waals surface area contributed by atoms with Gasteiger partial charge in [-0.25, -0.2) is 0 Å². The quantitative estimate of drug-likeness (QED) is 0.333. The summed E-state index contributed by atoms with van der Waals surface area (Å²) in [6.07, 6.45) is 3.74. The summed E-state index contributed by atoms with van der Waals surface area (Å²) in [5.41, 5.74) is 4.47. The Bertz CT molecular complexity index is 1560. The molecule has 2 aromatic carbocycles. The number of ketones is 4. The minimum atomic E-state index is -2.75. The first kappa shape index (κ1) is 29.2. The molecule has 220 valence electrons. The number of likely N-dealkylation sites (N-methyl/N-ethyl adjacent to an activating group) is 1. The van der Waals surface area contributed by atoms with Crippen molar-refractivity contribution in [2.45, 2.75) is 24.5 Å². The maximum absolute atomic E-state index is 13.9. The largest absolute Gasteiger partial charge is 0.507 e. The fourth-order valence-electron chi connectivity index (χ4n) is 6.93. The summed E-state index contributed by atoms with van der Waals surface area (Å²) < 4.78 is 10.6. The molecule has 2 unspecified atom stereocenters. The number of phenols is 1. The van der Waals surface area contributed by atoms with Crippen LogP contribution in [0.25, 0.3) is 12.2 Å². The van der Waals surface area contributed by atoms with E-state index in [1.54, 1.807) is 44.4 Å². The zero-order chi connectivity index (χ0) is 30.7. The molecule has 0 bridgehead atoms. The van der Waals surface area contributed by atoms with E-state index in [1.807, 2.05) is 6.07 Å². The maximum atomic E-state index is 13.9. The van der Waals surface area contributed by atoms with Crippen molar-refractivity contribution in [1.82, 2.24) is 4.90 Å². The summed E-state index contributed by atoms with van der Waals surface area (Å²) in [6.45, 7) is 0. The highest BCUT2D eigenvalue weighted by Crippen LogP contribution is 2.51. The average molecular weight is 577 g/mol. The van der Waals surface area contributed by atoms with Crippen LogP contribution in [0.15, 0.2) is 30.3 Å². The third-order valence-electron chi connectivity index (χ3n) is 8.84. The lowest BCUT2D eigenvalue weighted by atomic mass is 9.52. The number of phenolic OH excluding ortho intramolecular Hbond substituents is 1. The van der Waals surface area contributed by atoms with Crippen LogP contribution in [0.3, 0.4) is 0 Å². The Morgan fingerprint density at radius 2 is 1.71 bits per heavy atom. The van der Waals surface area contributed by atoms with Crippen molar-refractivity contribution in [1.29, 1.82) is 0 Å². The molecule has 6 atom stereocenters. The maximum Gasteiger partial charge on any atom is 0.235 e. The molecule has 0 spiro atoms. The van der Waals surface area contributed by atoms with Crippen molar-refractivity contribution >= 4 is 41.2 Å². The molecule has 3 aliphatic carbocycles. The lowest BCUT2D eigenvalue weighted by Crippen LogP contribution is -2.74. The molecule has 0 heterocycles. The molecule has 11 heteroatoms. The van der Waals surface area contributed by atoms with Crippen LogP contribution in [0.4, 0.5) is 0 Å². The molecule has 0 aromatic heterocycles. The number of aromatic hydroxyl groups is 1. The molecular weight excluding hydrogens is 544 g/mol. The second kappa shape index (κ2) is 10.5. The number of fused-ring (bicyclic) bond motifs is 3. The highest BCUT2D eigenvalue weighted by Gasteiger charge is 2.69. The van der Waals surface area contributed by atoms with E-state index in [2.05, 4.69) is 0 Å².